The van der Waals surface area contributed by atoms with Gasteiger partial charge in [0.1, 0.15) is 10.7 Å². The summed E-state index contributed by atoms with van der Waals surface area (Å²) in [5.74, 6) is 0.312. The molecule has 0 aliphatic heterocycles. The van der Waals surface area contributed by atoms with Crippen molar-refractivity contribution in [3.05, 3.63) is 28.1 Å². The molecule has 21 heavy (non-hydrogen) atoms. The quantitative estimate of drug-likeness (QED) is 0.747. The van der Waals surface area contributed by atoms with E-state index in [-0.39, 0.29) is 4.90 Å². The number of sulfonamides is 1. The van der Waals surface area contributed by atoms with Crippen molar-refractivity contribution in [2.45, 2.75) is 25.7 Å². The highest BCUT2D eigenvalue weighted by Crippen LogP contribution is 2.27. The zero-order chi connectivity index (χ0) is 15.6. The largest absolute Gasteiger partial charge is 0.369 e. The maximum atomic E-state index is 12.6. The van der Waals surface area contributed by atoms with Crippen LogP contribution in [0.5, 0.6) is 0 Å². The first-order valence-electron chi connectivity index (χ1n) is 6.29. The van der Waals surface area contributed by atoms with E-state index in [0.29, 0.717) is 33.9 Å². The summed E-state index contributed by atoms with van der Waals surface area (Å²) in [6.45, 7) is 5.92. The van der Waals surface area contributed by atoms with Crippen LogP contribution in [0, 0.1) is 13.8 Å². The number of aryl methyl sites for hydroxylation is 2. The van der Waals surface area contributed by atoms with Crippen LogP contribution in [0.4, 0.5) is 11.5 Å². The Kier molecular flexibility index (Phi) is 4.52. The summed E-state index contributed by atoms with van der Waals surface area (Å²) in [6.07, 6.45) is 1.55. The Morgan fingerprint density at radius 1 is 1.38 bits per heavy atom. The number of hydrogen-bond acceptors (Lipinski definition) is 5. The van der Waals surface area contributed by atoms with E-state index in [1.165, 1.54) is 6.07 Å². The third-order valence-electron chi connectivity index (χ3n) is 2.82. The maximum absolute atomic E-state index is 12.6. The third-order valence-corrected chi connectivity index (χ3v) is 4.61. The first-order valence-corrected chi connectivity index (χ1v) is 8.56. The number of nitrogens with zero attached hydrogens (tertiary/aromatic N) is 2. The Morgan fingerprint density at radius 2 is 2.10 bits per heavy atom. The van der Waals surface area contributed by atoms with E-state index in [1.54, 1.807) is 20.0 Å². The van der Waals surface area contributed by atoms with Gasteiger partial charge in [-0.15, -0.1) is 0 Å². The molecular weight excluding hydrogens is 358 g/mol. The highest BCUT2D eigenvalue weighted by Gasteiger charge is 2.22. The molecule has 2 aromatic rings. The van der Waals surface area contributed by atoms with Crippen molar-refractivity contribution < 1.29 is 8.42 Å². The van der Waals surface area contributed by atoms with E-state index in [1.807, 2.05) is 6.92 Å². The molecule has 0 saturated heterocycles. The molecule has 0 aliphatic rings. The minimum atomic E-state index is -3.77. The van der Waals surface area contributed by atoms with Crippen LogP contribution in [0.3, 0.4) is 0 Å². The normalized spacial score (nSPS) is 11.4. The van der Waals surface area contributed by atoms with E-state index in [2.05, 4.69) is 41.2 Å². The van der Waals surface area contributed by atoms with Gasteiger partial charge in [0.05, 0.1) is 17.1 Å². The van der Waals surface area contributed by atoms with Crippen molar-refractivity contribution in [2.24, 2.45) is 0 Å². The topological polar surface area (TPSA) is 99.8 Å². The van der Waals surface area contributed by atoms with Crippen LogP contribution >= 0.6 is 15.9 Å². The van der Waals surface area contributed by atoms with Crippen molar-refractivity contribution in [3.63, 3.8) is 0 Å². The van der Waals surface area contributed by atoms with Gasteiger partial charge in [0.2, 0.25) is 0 Å². The Balaban J connectivity index is 2.47. The van der Waals surface area contributed by atoms with Gasteiger partial charge in [-0.05, 0) is 42.8 Å². The number of nitrogens with one attached hydrogen (secondary N) is 3. The second kappa shape index (κ2) is 6.02. The Labute approximate surface area is 131 Å². The molecule has 0 saturated carbocycles. The van der Waals surface area contributed by atoms with Gasteiger partial charge in [-0.1, -0.05) is 0 Å². The van der Waals surface area contributed by atoms with Gasteiger partial charge in [-0.3, -0.25) is 9.82 Å². The summed E-state index contributed by atoms with van der Waals surface area (Å²) in [7, 11) is -3.77. The lowest BCUT2D eigenvalue weighted by Gasteiger charge is -2.12. The monoisotopic (exact) mass is 373 g/mol. The van der Waals surface area contributed by atoms with Crippen LogP contribution in [0.1, 0.15) is 18.3 Å². The SMILES string of the molecule is CCNc1ncc(Br)cc1S(=O)(=O)Nc1c(C)n[nH]c1C. The summed E-state index contributed by atoms with van der Waals surface area (Å²) < 4.78 is 28.3. The van der Waals surface area contributed by atoms with Gasteiger partial charge >= 0.3 is 0 Å². The number of H-pyrrole nitrogens is 1. The number of aromatic amines is 1. The summed E-state index contributed by atoms with van der Waals surface area (Å²) in [5, 5.41) is 9.67. The molecule has 114 valence electrons. The standard InChI is InChI=1S/C12H16BrN5O2S/c1-4-14-12-10(5-9(13)6-15-12)21(19,20)18-11-7(2)16-17-8(11)3/h5-6,18H,4H2,1-3H3,(H,14,15)(H,16,17). The highest BCUT2D eigenvalue weighted by molar-refractivity contribution is 9.10. The molecule has 0 radical (unpaired) electrons. The average molecular weight is 374 g/mol. The van der Waals surface area contributed by atoms with Crippen LogP contribution in [0.15, 0.2) is 21.6 Å². The molecule has 0 amide bonds. The van der Waals surface area contributed by atoms with Gasteiger partial charge in [-0.25, -0.2) is 13.4 Å². The number of aromatic nitrogens is 3. The Hall–Kier alpha value is -1.61. The number of rotatable bonds is 5. The predicted octanol–water partition coefficient (Wildman–Crippen LogP) is 2.42. The molecule has 7 nitrogen and oxygen atoms in total. The molecule has 0 aromatic carbocycles. The first-order chi connectivity index (χ1) is 9.85. The highest BCUT2D eigenvalue weighted by atomic mass is 79.9. The first kappa shape index (κ1) is 15.8. The molecule has 0 bridgehead atoms. The maximum Gasteiger partial charge on any atom is 0.265 e. The molecule has 2 heterocycles. The number of anilines is 2. The van der Waals surface area contributed by atoms with Crippen LogP contribution in [0.25, 0.3) is 0 Å². The molecule has 9 heteroatoms. The smallest absolute Gasteiger partial charge is 0.265 e. The zero-order valence-electron chi connectivity index (χ0n) is 11.9. The predicted molar refractivity (Wildman–Crippen MR) is 85.0 cm³/mol. The summed E-state index contributed by atoms with van der Waals surface area (Å²) >= 11 is 3.25. The lowest BCUT2D eigenvalue weighted by atomic mass is 10.3. The van der Waals surface area contributed by atoms with Crippen molar-refractivity contribution in [3.8, 4) is 0 Å². The fourth-order valence-electron chi connectivity index (χ4n) is 1.82. The van der Waals surface area contributed by atoms with Gasteiger partial charge < -0.3 is 5.32 Å². The van der Waals surface area contributed by atoms with Crippen molar-refractivity contribution in [2.75, 3.05) is 16.6 Å². The van der Waals surface area contributed by atoms with Crippen molar-refractivity contribution in [1.82, 2.24) is 15.2 Å². The van der Waals surface area contributed by atoms with Crippen LogP contribution in [-0.4, -0.2) is 30.1 Å². The summed E-state index contributed by atoms with van der Waals surface area (Å²) in [4.78, 5) is 4.19. The van der Waals surface area contributed by atoms with Crippen molar-refractivity contribution in [1.29, 1.82) is 0 Å². The number of hydrogen-bond donors (Lipinski definition) is 3. The second-order valence-electron chi connectivity index (χ2n) is 4.45. The summed E-state index contributed by atoms with van der Waals surface area (Å²) in [6, 6.07) is 1.51. The van der Waals surface area contributed by atoms with Gasteiger partial charge in [0.25, 0.3) is 10.0 Å². The average Bonchev–Trinajstić information content (AvgIpc) is 2.72. The second-order valence-corrected chi connectivity index (χ2v) is 7.01. The molecule has 0 unspecified atom stereocenters. The molecular formula is C12H16BrN5O2S. The fraction of sp³-hybridized carbons (Fsp3) is 0.333. The van der Waals surface area contributed by atoms with E-state index in [9.17, 15) is 8.42 Å². The number of halogens is 1. The van der Waals surface area contributed by atoms with E-state index in [0.717, 1.165) is 0 Å². The molecule has 2 rings (SSSR count). The van der Waals surface area contributed by atoms with Gasteiger partial charge in [0.15, 0.2) is 0 Å². The third kappa shape index (κ3) is 3.35. The minimum Gasteiger partial charge on any atom is -0.369 e. The lowest BCUT2D eigenvalue weighted by Crippen LogP contribution is -2.17. The lowest BCUT2D eigenvalue weighted by molar-refractivity contribution is 0.601. The molecule has 0 aliphatic carbocycles. The van der Waals surface area contributed by atoms with Crippen molar-refractivity contribution >= 4 is 37.5 Å². The fourth-order valence-corrected chi connectivity index (χ4v) is 3.64. The van der Waals surface area contributed by atoms with Crippen LogP contribution in [-0.2, 0) is 10.0 Å². The Morgan fingerprint density at radius 3 is 2.67 bits per heavy atom. The minimum absolute atomic E-state index is 0.0822. The van der Waals surface area contributed by atoms with Crippen LogP contribution in [0.2, 0.25) is 0 Å². The molecule has 0 fully saturated rings. The Bertz CT molecular complexity index is 738. The van der Waals surface area contributed by atoms with Gasteiger partial charge in [0, 0.05) is 17.2 Å². The van der Waals surface area contributed by atoms with Crippen LogP contribution < -0.4 is 10.0 Å². The molecule has 3 N–H and O–H groups in total. The van der Waals surface area contributed by atoms with E-state index >= 15 is 0 Å². The zero-order valence-corrected chi connectivity index (χ0v) is 14.3. The molecule has 0 atom stereocenters. The van der Waals surface area contributed by atoms with E-state index in [4.69, 9.17) is 0 Å². The number of pyridine rings is 1. The molecule has 2 aromatic heterocycles. The molecule has 0 spiro atoms. The van der Waals surface area contributed by atoms with E-state index < -0.39 is 10.0 Å². The summed E-state index contributed by atoms with van der Waals surface area (Å²) in [5.41, 5.74) is 1.70. The van der Waals surface area contributed by atoms with Gasteiger partial charge in [-0.2, -0.15) is 5.10 Å².